The van der Waals surface area contributed by atoms with Crippen LogP contribution in [0.4, 0.5) is 11.4 Å². The maximum absolute atomic E-state index is 10.6. The van der Waals surface area contributed by atoms with E-state index in [9.17, 15) is 10.1 Å². The zero-order valence-corrected chi connectivity index (χ0v) is 11.4. The standard InChI is InChI=1S/C15H16N2O3/c1-11-3-8-14(15(9-11)20-2)16-10-12-4-6-13(7-5-12)17(18)19/h3-9,16H,10H2,1-2H3. The topological polar surface area (TPSA) is 64.4 Å². The second-order valence-electron chi connectivity index (χ2n) is 4.48. The summed E-state index contributed by atoms with van der Waals surface area (Å²) in [6.07, 6.45) is 0. The third kappa shape index (κ3) is 3.26. The summed E-state index contributed by atoms with van der Waals surface area (Å²) in [5, 5.41) is 13.8. The van der Waals surface area contributed by atoms with Crippen LogP contribution in [0, 0.1) is 17.0 Å². The lowest BCUT2D eigenvalue weighted by Gasteiger charge is -2.11. The number of hydrogen-bond acceptors (Lipinski definition) is 4. The van der Waals surface area contributed by atoms with Crippen LogP contribution >= 0.6 is 0 Å². The molecule has 5 nitrogen and oxygen atoms in total. The van der Waals surface area contributed by atoms with Crippen LogP contribution in [0.25, 0.3) is 0 Å². The van der Waals surface area contributed by atoms with E-state index in [0.717, 1.165) is 22.6 Å². The van der Waals surface area contributed by atoms with Crippen molar-refractivity contribution >= 4 is 11.4 Å². The van der Waals surface area contributed by atoms with Gasteiger partial charge in [-0.25, -0.2) is 0 Å². The summed E-state index contributed by atoms with van der Waals surface area (Å²) in [4.78, 5) is 10.2. The molecular weight excluding hydrogens is 256 g/mol. The van der Waals surface area contributed by atoms with Gasteiger partial charge in [-0.05, 0) is 30.2 Å². The van der Waals surface area contributed by atoms with Crippen LogP contribution in [0.15, 0.2) is 42.5 Å². The van der Waals surface area contributed by atoms with Crippen LogP contribution in [0.1, 0.15) is 11.1 Å². The highest BCUT2D eigenvalue weighted by molar-refractivity contribution is 5.57. The van der Waals surface area contributed by atoms with Gasteiger partial charge in [-0.2, -0.15) is 0 Å². The Morgan fingerprint density at radius 2 is 1.90 bits per heavy atom. The van der Waals surface area contributed by atoms with E-state index in [0.29, 0.717) is 6.54 Å². The second-order valence-corrected chi connectivity index (χ2v) is 4.48. The summed E-state index contributed by atoms with van der Waals surface area (Å²) in [5.41, 5.74) is 3.10. The number of nitrogens with zero attached hydrogens (tertiary/aromatic N) is 1. The van der Waals surface area contributed by atoms with E-state index in [-0.39, 0.29) is 5.69 Å². The van der Waals surface area contributed by atoms with Crippen molar-refractivity contribution < 1.29 is 9.66 Å². The van der Waals surface area contributed by atoms with Gasteiger partial charge in [0.05, 0.1) is 17.7 Å². The lowest BCUT2D eigenvalue weighted by Crippen LogP contribution is -2.01. The minimum atomic E-state index is -0.403. The fraction of sp³-hybridized carbons (Fsp3) is 0.200. The van der Waals surface area contributed by atoms with Crippen LogP contribution in [0.2, 0.25) is 0 Å². The van der Waals surface area contributed by atoms with Crippen LogP contribution in [-0.2, 0) is 6.54 Å². The fourth-order valence-electron chi connectivity index (χ4n) is 1.88. The lowest BCUT2D eigenvalue weighted by atomic mass is 10.2. The average Bonchev–Trinajstić information content (AvgIpc) is 2.46. The molecule has 0 heterocycles. The van der Waals surface area contributed by atoms with Crippen LogP contribution in [0.5, 0.6) is 5.75 Å². The minimum absolute atomic E-state index is 0.0988. The Bertz CT molecular complexity index is 609. The molecule has 104 valence electrons. The van der Waals surface area contributed by atoms with E-state index < -0.39 is 4.92 Å². The van der Waals surface area contributed by atoms with Gasteiger partial charge < -0.3 is 10.1 Å². The predicted molar refractivity (Wildman–Crippen MR) is 78.2 cm³/mol. The molecular formula is C15H16N2O3. The summed E-state index contributed by atoms with van der Waals surface area (Å²) in [6, 6.07) is 12.4. The molecule has 0 atom stereocenters. The van der Waals surface area contributed by atoms with Crippen molar-refractivity contribution in [2.45, 2.75) is 13.5 Å². The molecule has 1 N–H and O–H groups in total. The molecule has 5 heteroatoms. The van der Waals surface area contributed by atoms with E-state index in [1.54, 1.807) is 19.2 Å². The van der Waals surface area contributed by atoms with Crippen molar-refractivity contribution in [1.29, 1.82) is 0 Å². The molecule has 2 rings (SSSR count). The number of nitrogens with one attached hydrogen (secondary N) is 1. The Labute approximate surface area is 117 Å². The second kappa shape index (κ2) is 6.06. The average molecular weight is 272 g/mol. The van der Waals surface area contributed by atoms with E-state index >= 15 is 0 Å². The molecule has 0 aromatic heterocycles. The fourth-order valence-corrected chi connectivity index (χ4v) is 1.88. The Morgan fingerprint density at radius 3 is 2.50 bits per heavy atom. The summed E-state index contributed by atoms with van der Waals surface area (Å²) in [7, 11) is 1.63. The maximum atomic E-state index is 10.6. The largest absolute Gasteiger partial charge is 0.495 e. The van der Waals surface area contributed by atoms with Gasteiger partial charge in [0.2, 0.25) is 0 Å². The molecule has 20 heavy (non-hydrogen) atoms. The molecule has 0 aliphatic heterocycles. The quantitative estimate of drug-likeness (QED) is 0.668. The van der Waals surface area contributed by atoms with Gasteiger partial charge >= 0.3 is 0 Å². The van der Waals surface area contributed by atoms with Crippen LogP contribution in [-0.4, -0.2) is 12.0 Å². The van der Waals surface area contributed by atoms with Crippen molar-refractivity contribution in [2.24, 2.45) is 0 Å². The molecule has 0 aliphatic rings. The number of hydrogen-bond donors (Lipinski definition) is 1. The maximum Gasteiger partial charge on any atom is 0.269 e. The molecule has 2 aromatic carbocycles. The highest BCUT2D eigenvalue weighted by atomic mass is 16.6. The van der Waals surface area contributed by atoms with Crippen molar-refractivity contribution in [3.63, 3.8) is 0 Å². The number of methoxy groups -OCH3 is 1. The number of nitro groups is 1. The first-order chi connectivity index (χ1) is 9.60. The minimum Gasteiger partial charge on any atom is -0.495 e. The van der Waals surface area contributed by atoms with E-state index in [2.05, 4.69) is 5.32 Å². The molecule has 0 spiro atoms. The molecule has 0 saturated heterocycles. The normalized spacial score (nSPS) is 10.1. The van der Waals surface area contributed by atoms with Gasteiger partial charge in [-0.3, -0.25) is 10.1 Å². The van der Waals surface area contributed by atoms with Gasteiger partial charge in [-0.1, -0.05) is 18.2 Å². The SMILES string of the molecule is COc1cc(C)ccc1NCc1ccc([N+](=O)[O-])cc1. The third-order valence-corrected chi connectivity index (χ3v) is 2.99. The van der Waals surface area contributed by atoms with Crippen molar-refractivity contribution in [3.8, 4) is 5.75 Å². The van der Waals surface area contributed by atoms with Gasteiger partial charge in [0.15, 0.2) is 0 Å². The summed E-state index contributed by atoms with van der Waals surface area (Å²) in [5.74, 6) is 0.784. The zero-order valence-electron chi connectivity index (χ0n) is 11.4. The number of rotatable bonds is 5. The Kier molecular flexibility index (Phi) is 4.20. The van der Waals surface area contributed by atoms with Gasteiger partial charge in [-0.15, -0.1) is 0 Å². The number of aryl methyl sites for hydroxylation is 1. The molecule has 0 unspecified atom stereocenters. The molecule has 0 fully saturated rings. The first kappa shape index (κ1) is 13.9. The predicted octanol–water partition coefficient (Wildman–Crippen LogP) is 3.52. The van der Waals surface area contributed by atoms with E-state index in [4.69, 9.17) is 4.74 Å². The number of benzene rings is 2. The molecule has 0 aliphatic carbocycles. The van der Waals surface area contributed by atoms with Crippen LogP contribution < -0.4 is 10.1 Å². The zero-order chi connectivity index (χ0) is 14.5. The van der Waals surface area contributed by atoms with E-state index in [1.807, 2.05) is 25.1 Å². The van der Waals surface area contributed by atoms with Gasteiger partial charge in [0.1, 0.15) is 5.75 Å². The summed E-state index contributed by atoms with van der Waals surface area (Å²) in [6.45, 7) is 2.58. The molecule has 2 aromatic rings. The number of anilines is 1. The van der Waals surface area contributed by atoms with Crippen LogP contribution in [0.3, 0.4) is 0 Å². The molecule has 0 bridgehead atoms. The molecule has 0 radical (unpaired) electrons. The lowest BCUT2D eigenvalue weighted by molar-refractivity contribution is -0.384. The third-order valence-electron chi connectivity index (χ3n) is 2.99. The van der Waals surface area contributed by atoms with Gasteiger partial charge in [0.25, 0.3) is 5.69 Å². The first-order valence-electron chi connectivity index (χ1n) is 6.22. The highest BCUT2D eigenvalue weighted by Gasteiger charge is 2.05. The number of non-ortho nitro benzene ring substituents is 1. The Hall–Kier alpha value is -2.56. The van der Waals surface area contributed by atoms with E-state index in [1.165, 1.54) is 12.1 Å². The van der Waals surface area contributed by atoms with Gasteiger partial charge in [0, 0.05) is 18.7 Å². The Balaban J connectivity index is 2.06. The van der Waals surface area contributed by atoms with Crippen molar-refractivity contribution in [2.75, 3.05) is 12.4 Å². The molecule has 0 amide bonds. The summed E-state index contributed by atoms with van der Waals surface area (Å²) < 4.78 is 5.31. The number of ether oxygens (including phenoxy) is 1. The highest BCUT2D eigenvalue weighted by Crippen LogP contribution is 2.25. The monoisotopic (exact) mass is 272 g/mol. The Morgan fingerprint density at radius 1 is 1.20 bits per heavy atom. The summed E-state index contributed by atoms with van der Waals surface area (Å²) >= 11 is 0. The van der Waals surface area contributed by atoms with Crippen molar-refractivity contribution in [3.05, 3.63) is 63.7 Å². The number of nitro benzene ring substituents is 1. The van der Waals surface area contributed by atoms with Crippen molar-refractivity contribution in [1.82, 2.24) is 0 Å². The first-order valence-corrected chi connectivity index (χ1v) is 6.22. The molecule has 0 saturated carbocycles. The smallest absolute Gasteiger partial charge is 0.269 e.